The lowest BCUT2D eigenvalue weighted by molar-refractivity contribution is -0.384. The normalized spacial score (nSPS) is 10.4. The number of anilines is 1. The number of aromatic nitrogens is 2. The van der Waals surface area contributed by atoms with Crippen molar-refractivity contribution in [3.05, 3.63) is 64.8 Å². The van der Waals surface area contributed by atoms with Crippen molar-refractivity contribution < 1.29 is 10.0 Å². The molecule has 3 rings (SSSR count). The van der Waals surface area contributed by atoms with Gasteiger partial charge in [-0.05, 0) is 24.3 Å². The van der Waals surface area contributed by atoms with Crippen molar-refractivity contribution in [3.8, 4) is 28.3 Å². The Morgan fingerprint density at radius 2 is 1.83 bits per heavy atom. The summed E-state index contributed by atoms with van der Waals surface area (Å²) in [5, 5.41) is 20.2. The van der Waals surface area contributed by atoms with Gasteiger partial charge in [0.05, 0.1) is 16.8 Å². The number of nitrogens with two attached hydrogens (primary N) is 1. The molecule has 0 fully saturated rings. The van der Waals surface area contributed by atoms with E-state index in [-0.39, 0.29) is 17.3 Å². The van der Waals surface area contributed by atoms with Crippen LogP contribution in [0, 0.1) is 10.1 Å². The predicted molar refractivity (Wildman–Crippen MR) is 85.6 cm³/mol. The first-order valence-electron chi connectivity index (χ1n) is 6.71. The number of nitrogen functional groups attached to an aromatic ring is 1. The van der Waals surface area contributed by atoms with Crippen LogP contribution in [0.4, 0.5) is 11.5 Å². The summed E-state index contributed by atoms with van der Waals surface area (Å²) < 4.78 is 0. The molecule has 0 aliphatic carbocycles. The Hall–Kier alpha value is -3.48. The highest BCUT2D eigenvalue weighted by atomic mass is 16.6. The van der Waals surface area contributed by atoms with Crippen molar-refractivity contribution in [3.63, 3.8) is 0 Å². The molecule has 7 nitrogen and oxygen atoms in total. The third-order valence-electron chi connectivity index (χ3n) is 3.29. The molecule has 1 aromatic heterocycles. The number of nitro groups is 1. The van der Waals surface area contributed by atoms with Crippen LogP contribution in [0.2, 0.25) is 0 Å². The molecule has 1 heterocycles. The average molecular weight is 308 g/mol. The summed E-state index contributed by atoms with van der Waals surface area (Å²) in [4.78, 5) is 19.0. The van der Waals surface area contributed by atoms with Crippen LogP contribution < -0.4 is 5.73 Å². The molecular weight excluding hydrogens is 296 g/mol. The molecule has 0 radical (unpaired) electrons. The number of non-ortho nitro benzene ring substituents is 1. The summed E-state index contributed by atoms with van der Waals surface area (Å²) in [5.41, 5.74) is 8.05. The van der Waals surface area contributed by atoms with Crippen LogP contribution in [0.1, 0.15) is 0 Å². The van der Waals surface area contributed by atoms with Crippen molar-refractivity contribution in [2.75, 3.05) is 5.73 Å². The summed E-state index contributed by atoms with van der Waals surface area (Å²) in [5.74, 6) is 0.375. The lowest BCUT2D eigenvalue weighted by Gasteiger charge is -2.07. The first-order chi connectivity index (χ1) is 11.0. The molecule has 3 aromatic rings. The Bertz CT molecular complexity index is 879. The number of phenols is 1. The molecule has 0 saturated carbocycles. The Labute approximate surface area is 131 Å². The fourth-order valence-electron chi connectivity index (χ4n) is 2.15. The fourth-order valence-corrected chi connectivity index (χ4v) is 2.15. The van der Waals surface area contributed by atoms with Gasteiger partial charge in [0.15, 0.2) is 0 Å². The first-order valence-corrected chi connectivity index (χ1v) is 6.71. The van der Waals surface area contributed by atoms with Gasteiger partial charge < -0.3 is 10.8 Å². The van der Waals surface area contributed by atoms with Crippen LogP contribution in [0.15, 0.2) is 54.7 Å². The van der Waals surface area contributed by atoms with Crippen molar-refractivity contribution >= 4 is 11.5 Å². The number of benzene rings is 2. The van der Waals surface area contributed by atoms with E-state index in [0.717, 1.165) is 0 Å². The lowest BCUT2D eigenvalue weighted by atomic mass is 10.1. The Balaban J connectivity index is 2.08. The number of phenolic OH excluding ortho intramolecular Hbond substituents is 1. The maximum absolute atomic E-state index is 10.9. The van der Waals surface area contributed by atoms with Gasteiger partial charge in [0.2, 0.25) is 0 Å². The molecule has 0 spiro atoms. The molecule has 0 amide bonds. The Morgan fingerprint density at radius 1 is 1.09 bits per heavy atom. The van der Waals surface area contributed by atoms with Crippen LogP contribution in [-0.2, 0) is 0 Å². The monoisotopic (exact) mass is 308 g/mol. The van der Waals surface area contributed by atoms with Gasteiger partial charge in [-0.15, -0.1) is 0 Å². The third-order valence-corrected chi connectivity index (χ3v) is 3.29. The van der Waals surface area contributed by atoms with Crippen LogP contribution in [0.5, 0.6) is 5.75 Å². The van der Waals surface area contributed by atoms with Crippen LogP contribution >= 0.6 is 0 Å². The average Bonchev–Trinajstić information content (AvgIpc) is 2.56. The minimum atomic E-state index is -0.463. The predicted octanol–water partition coefficient (Wildman–Crippen LogP) is 3.01. The third kappa shape index (κ3) is 2.93. The summed E-state index contributed by atoms with van der Waals surface area (Å²) in [6.45, 7) is 0. The number of hydrogen-bond donors (Lipinski definition) is 2. The van der Waals surface area contributed by atoms with Crippen molar-refractivity contribution in [1.29, 1.82) is 0 Å². The van der Waals surface area contributed by atoms with E-state index >= 15 is 0 Å². The van der Waals surface area contributed by atoms with Crippen molar-refractivity contribution in [2.24, 2.45) is 0 Å². The van der Waals surface area contributed by atoms with Gasteiger partial charge in [-0.25, -0.2) is 9.97 Å². The molecule has 0 aliphatic rings. The highest BCUT2D eigenvalue weighted by Gasteiger charge is 2.12. The minimum absolute atomic E-state index is 0.0210. The molecular formula is C16H12N4O3. The van der Waals surface area contributed by atoms with Crippen molar-refractivity contribution in [1.82, 2.24) is 9.97 Å². The zero-order valence-electron chi connectivity index (χ0n) is 11.9. The Morgan fingerprint density at radius 3 is 2.52 bits per heavy atom. The summed E-state index contributed by atoms with van der Waals surface area (Å²) in [6.07, 6.45) is 1.47. The number of nitrogens with zero attached hydrogens (tertiary/aromatic N) is 3. The van der Waals surface area contributed by atoms with E-state index in [2.05, 4.69) is 9.97 Å². The maximum atomic E-state index is 10.9. The van der Waals surface area contributed by atoms with E-state index in [4.69, 9.17) is 5.73 Å². The van der Waals surface area contributed by atoms with Gasteiger partial charge in [-0.2, -0.15) is 0 Å². The molecule has 7 heteroatoms. The number of nitro benzene ring substituents is 1. The molecule has 114 valence electrons. The molecule has 23 heavy (non-hydrogen) atoms. The van der Waals surface area contributed by atoms with E-state index < -0.39 is 4.92 Å². The number of rotatable bonds is 3. The zero-order valence-corrected chi connectivity index (χ0v) is 11.9. The summed E-state index contributed by atoms with van der Waals surface area (Å²) in [7, 11) is 0. The van der Waals surface area contributed by atoms with Gasteiger partial charge >= 0.3 is 0 Å². The van der Waals surface area contributed by atoms with E-state index in [1.807, 2.05) is 0 Å². The lowest BCUT2D eigenvalue weighted by Crippen LogP contribution is -1.99. The second kappa shape index (κ2) is 5.72. The highest BCUT2D eigenvalue weighted by molar-refractivity contribution is 5.73. The van der Waals surface area contributed by atoms with Gasteiger partial charge in [-0.3, -0.25) is 10.1 Å². The second-order valence-electron chi connectivity index (χ2n) is 4.84. The molecule has 2 aromatic carbocycles. The topological polar surface area (TPSA) is 115 Å². The molecule has 0 bridgehead atoms. The van der Waals surface area contributed by atoms with Crippen molar-refractivity contribution in [2.45, 2.75) is 0 Å². The molecule has 3 N–H and O–H groups in total. The molecule has 0 saturated heterocycles. The van der Waals surface area contributed by atoms with Gasteiger partial charge in [0.1, 0.15) is 17.3 Å². The minimum Gasteiger partial charge on any atom is -0.508 e. The summed E-state index contributed by atoms with van der Waals surface area (Å²) >= 11 is 0. The van der Waals surface area contributed by atoms with E-state index in [1.54, 1.807) is 24.3 Å². The van der Waals surface area contributed by atoms with Gasteiger partial charge in [-0.1, -0.05) is 12.1 Å². The van der Waals surface area contributed by atoms with E-state index in [9.17, 15) is 15.2 Å². The quantitative estimate of drug-likeness (QED) is 0.567. The highest BCUT2D eigenvalue weighted by Crippen LogP contribution is 2.28. The molecule has 0 aliphatic heterocycles. The SMILES string of the molecule is Nc1ncc(-c2cccc([N+](=O)[O-])c2)nc1-c1ccc(O)cc1. The maximum Gasteiger partial charge on any atom is 0.270 e. The Kier molecular flexibility index (Phi) is 3.60. The molecule has 0 unspecified atom stereocenters. The van der Waals surface area contributed by atoms with E-state index in [0.29, 0.717) is 22.5 Å². The zero-order chi connectivity index (χ0) is 16.4. The number of aromatic hydroxyl groups is 1. The largest absolute Gasteiger partial charge is 0.508 e. The summed E-state index contributed by atoms with van der Waals surface area (Å²) in [6, 6.07) is 12.5. The van der Waals surface area contributed by atoms with E-state index in [1.165, 1.54) is 30.5 Å². The smallest absolute Gasteiger partial charge is 0.270 e. The first kappa shape index (κ1) is 14.5. The van der Waals surface area contributed by atoms with Gasteiger partial charge in [0, 0.05) is 23.3 Å². The standard InChI is InChI=1S/C16H12N4O3/c17-16-15(10-4-6-13(21)7-5-10)19-14(9-18-16)11-2-1-3-12(8-11)20(22)23/h1-9,21H,(H2,17,18). The fraction of sp³-hybridized carbons (Fsp3) is 0. The van der Waals surface area contributed by atoms with Crippen LogP contribution in [0.3, 0.4) is 0 Å². The van der Waals surface area contributed by atoms with Crippen LogP contribution in [0.25, 0.3) is 22.5 Å². The van der Waals surface area contributed by atoms with Gasteiger partial charge in [0.25, 0.3) is 5.69 Å². The number of hydrogen-bond acceptors (Lipinski definition) is 6. The molecule has 0 atom stereocenters. The van der Waals surface area contributed by atoms with Crippen LogP contribution in [-0.4, -0.2) is 20.0 Å². The second-order valence-corrected chi connectivity index (χ2v) is 4.84.